The van der Waals surface area contributed by atoms with Gasteiger partial charge in [0.1, 0.15) is 17.5 Å². The monoisotopic (exact) mass is 725 g/mol. The first-order chi connectivity index (χ1) is 24.5. The Balaban J connectivity index is 1.43. The molecule has 0 atom stereocenters. The Hall–Kier alpha value is -5.50. The minimum absolute atomic E-state index is 0.00220. The number of unbranched alkanes of at least 4 members (excludes halogenated alkanes) is 1. The van der Waals surface area contributed by atoms with Gasteiger partial charge in [-0.1, -0.05) is 6.07 Å². The molecule has 6 rings (SSSR count). The summed E-state index contributed by atoms with van der Waals surface area (Å²) in [5, 5.41) is 31.0. The Morgan fingerprint density at radius 2 is 1.83 bits per heavy atom. The number of rotatable bonds is 10. The molecule has 52 heavy (non-hydrogen) atoms. The molecule has 272 valence electrons. The number of carbonyl (C=O) groups is 2. The molecular formula is C35H33F6N9O2. The predicted molar refractivity (Wildman–Crippen MR) is 179 cm³/mol. The molecule has 0 radical (unpaired) electrons. The molecule has 1 aromatic heterocycles. The zero-order valence-electron chi connectivity index (χ0n) is 27.8. The van der Waals surface area contributed by atoms with Crippen LogP contribution in [0.25, 0.3) is 11.1 Å². The summed E-state index contributed by atoms with van der Waals surface area (Å²) in [5.74, 6) is -1.44. The summed E-state index contributed by atoms with van der Waals surface area (Å²) in [4.78, 5) is 34.6. The average Bonchev–Trinajstić information content (AvgIpc) is 3.74. The molecule has 17 heteroatoms. The third-order valence-corrected chi connectivity index (χ3v) is 9.28. The predicted octanol–water partition coefficient (Wildman–Crippen LogP) is 5.99. The number of fused-ring (bicyclic) bond motifs is 1. The van der Waals surface area contributed by atoms with Crippen LogP contribution in [0.3, 0.4) is 0 Å². The van der Waals surface area contributed by atoms with Crippen LogP contribution in [0.15, 0.2) is 42.5 Å². The zero-order chi connectivity index (χ0) is 37.6. The molecule has 1 spiro atoms. The lowest BCUT2D eigenvalue weighted by atomic mass is 9.96. The number of alkyl halides is 6. The molecule has 4 N–H and O–H groups in total. The van der Waals surface area contributed by atoms with E-state index < -0.39 is 35.9 Å². The number of nitrogens with one attached hydrogen (secondary N) is 4. The van der Waals surface area contributed by atoms with Crippen molar-refractivity contribution in [3.05, 3.63) is 75.8 Å². The molecule has 11 nitrogen and oxygen atoms in total. The van der Waals surface area contributed by atoms with E-state index in [9.17, 15) is 35.9 Å². The number of hydrogen-bond acceptors (Lipinski definition) is 8. The fraction of sp³-hybridized carbons (Fsp3) is 0.371. The summed E-state index contributed by atoms with van der Waals surface area (Å²) in [6, 6.07) is 9.73. The van der Waals surface area contributed by atoms with Gasteiger partial charge < -0.3 is 15.5 Å². The lowest BCUT2D eigenvalue weighted by Crippen LogP contribution is -2.55. The zero-order valence-corrected chi connectivity index (χ0v) is 27.8. The molecule has 3 aromatic rings. The Kier molecular flexibility index (Phi) is 9.47. The number of aromatic nitrogens is 1. The number of amides is 2. The molecule has 1 saturated heterocycles. The van der Waals surface area contributed by atoms with Crippen LogP contribution in [0.2, 0.25) is 0 Å². The second-order valence-electron chi connectivity index (χ2n) is 13.2. The van der Waals surface area contributed by atoms with Crippen LogP contribution in [-0.2, 0) is 30.2 Å². The molecule has 1 saturated carbocycles. The number of nitriles is 1. The smallest absolute Gasteiger partial charge is 0.370 e. The number of anilines is 2. The fourth-order valence-corrected chi connectivity index (χ4v) is 6.57. The van der Waals surface area contributed by atoms with Gasteiger partial charge in [-0.15, -0.1) is 0 Å². The first-order valence-electron chi connectivity index (χ1n) is 16.3. The number of carbonyl (C=O) groups excluding carboxylic acids is 2. The molecule has 0 bridgehead atoms. The Morgan fingerprint density at radius 1 is 1.08 bits per heavy atom. The van der Waals surface area contributed by atoms with E-state index in [0.717, 1.165) is 53.2 Å². The number of piperazine rings is 1. The number of amidine groups is 1. The minimum atomic E-state index is -4.84. The average molecular weight is 726 g/mol. The van der Waals surface area contributed by atoms with Crippen LogP contribution in [0.4, 0.5) is 38.0 Å². The maximum Gasteiger partial charge on any atom is 0.416 e. The van der Waals surface area contributed by atoms with E-state index in [1.807, 2.05) is 6.07 Å². The number of nitrogens with zero attached hydrogens (tertiary/aromatic N) is 5. The van der Waals surface area contributed by atoms with Gasteiger partial charge in [0.2, 0.25) is 5.91 Å². The van der Waals surface area contributed by atoms with Crippen LogP contribution in [0.1, 0.15) is 63.9 Å². The highest BCUT2D eigenvalue weighted by molar-refractivity contribution is 6.11. The largest absolute Gasteiger partial charge is 0.416 e. The van der Waals surface area contributed by atoms with Crippen LogP contribution in [-0.4, -0.2) is 71.0 Å². The highest BCUT2D eigenvalue weighted by Crippen LogP contribution is 2.42. The number of hydrogen-bond donors (Lipinski definition) is 4. The van der Waals surface area contributed by atoms with Gasteiger partial charge in [-0.3, -0.25) is 30.2 Å². The standard InChI is InChI=1S/C35H33F6N9O2/c1-48(19-43)31(44)23-5-4-22(34(36,37)38)14-24(23)21-12-28(45-9-3-2-8-42)46-29(13-21)50-16-26-25(32(50)52)10-20(11-27(26)35(39,40)41)15-49-17-30(51)47-33(18-49)6-7-33/h4-5,10-14,19,43-44H,2-3,6-7,9,15-18H2,1H3,(H,45,46)(H,47,51). The SMILES string of the molecule is CN(C=N)C(=N)c1ccc(C(F)(F)F)cc1-c1cc(NCCCC#N)nc(N2Cc3c(cc(CN4CC(=O)NC5(CC5)C4)cc3C(F)(F)F)C2=O)c1. The van der Waals surface area contributed by atoms with Gasteiger partial charge in [-0.2, -0.15) is 31.6 Å². The Morgan fingerprint density at radius 3 is 2.48 bits per heavy atom. The molecule has 2 fully saturated rings. The number of pyridine rings is 1. The molecule has 2 amide bonds. The van der Waals surface area contributed by atoms with Crippen molar-refractivity contribution < 1.29 is 35.9 Å². The van der Waals surface area contributed by atoms with Crippen LogP contribution >= 0.6 is 0 Å². The topological polar surface area (TPSA) is 152 Å². The third-order valence-electron chi connectivity index (χ3n) is 9.28. The van der Waals surface area contributed by atoms with Crippen molar-refractivity contribution in [2.45, 2.75) is 56.7 Å². The lowest BCUT2D eigenvalue weighted by Gasteiger charge is -2.33. The van der Waals surface area contributed by atoms with Crippen LogP contribution in [0, 0.1) is 22.1 Å². The summed E-state index contributed by atoms with van der Waals surface area (Å²) in [5.41, 5.74) is -2.78. The van der Waals surface area contributed by atoms with E-state index in [0.29, 0.717) is 13.0 Å². The third kappa shape index (κ3) is 7.42. The van der Waals surface area contributed by atoms with Crippen molar-refractivity contribution in [3.8, 4) is 17.2 Å². The van der Waals surface area contributed by atoms with Gasteiger partial charge in [0.15, 0.2) is 0 Å². The van der Waals surface area contributed by atoms with E-state index in [-0.39, 0.29) is 88.4 Å². The maximum atomic E-state index is 14.6. The number of benzene rings is 2. The summed E-state index contributed by atoms with van der Waals surface area (Å²) >= 11 is 0. The molecule has 3 aliphatic rings. The van der Waals surface area contributed by atoms with E-state index in [1.165, 1.54) is 25.2 Å². The van der Waals surface area contributed by atoms with E-state index >= 15 is 0 Å². The summed E-state index contributed by atoms with van der Waals surface area (Å²) in [7, 11) is 1.37. The van der Waals surface area contributed by atoms with Crippen molar-refractivity contribution in [1.82, 2.24) is 20.1 Å². The quantitative estimate of drug-likeness (QED) is 0.0868. The van der Waals surface area contributed by atoms with Gasteiger partial charge in [0, 0.05) is 44.2 Å². The second-order valence-corrected chi connectivity index (χ2v) is 13.2. The van der Waals surface area contributed by atoms with Crippen LogP contribution in [0.5, 0.6) is 0 Å². The van der Waals surface area contributed by atoms with E-state index in [2.05, 4.69) is 15.6 Å². The van der Waals surface area contributed by atoms with Gasteiger partial charge in [0.05, 0.1) is 42.2 Å². The van der Waals surface area contributed by atoms with Crippen molar-refractivity contribution >= 4 is 35.6 Å². The van der Waals surface area contributed by atoms with Crippen molar-refractivity contribution in [2.24, 2.45) is 0 Å². The fourth-order valence-electron chi connectivity index (χ4n) is 6.57. The normalized spacial score (nSPS) is 16.7. The molecule has 2 aromatic carbocycles. The second kappa shape index (κ2) is 13.6. The molecular weight excluding hydrogens is 692 g/mol. The van der Waals surface area contributed by atoms with Gasteiger partial charge in [-0.25, -0.2) is 4.98 Å². The van der Waals surface area contributed by atoms with Crippen molar-refractivity contribution in [1.29, 1.82) is 16.1 Å². The van der Waals surface area contributed by atoms with Crippen molar-refractivity contribution in [3.63, 3.8) is 0 Å². The van der Waals surface area contributed by atoms with Gasteiger partial charge in [0.25, 0.3) is 5.91 Å². The summed E-state index contributed by atoms with van der Waals surface area (Å²) < 4.78 is 85.5. The molecule has 1 aliphatic carbocycles. The maximum absolute atomic E-state index is 14.6. The summed E-state index contributed by atoms with van der Waals surface area (Å²) in [6.45, 7) is 0.119. The van der Waals surface area contributed by atoms with Gasteiger partial charge in [-0.05, 0) is 77.9 Å². The lowest BCUT2D eigenvalue weighted by molar-refractivity contribution is -0.138. The van der Waals surface area contributed by atoms with E-state index in [1.54, 1.807) is 4.90 Å². The first kappa shape index (κ1) is 36.3. The Labute approximate surface area is 294 Å². The molecule has 0 unspecified atom stereocenters. The van der Waals surface area contributed by atoms with Crippen molar-refractivity contribution in [2.75, 3.05) is 36.9 Å². The number of halogens is 6. The molecule has 2 aliphatic heterocycles. The highest BCUT2D eigenvalue weighted by atomic mass is 19.4. The minimum Gasteiger partial charge on any atom is -0.370 e. The molecule has 3 heterocycles. The Bertz CT molecular complexity index is 2000. The first-order valence-corrected chi connectivity index (χ1v) is 16.3. The summed E-state index contributed by atoms with van der Waals surface area (Å²) in [6.07, 6.45) is -6.73. The van der Waals surface area contributed by atoms with E-state index in [4.69, 9.17) is 16.1 Å². The van der Waals surface area contributed by atoms with Crippen LogP contribution < -0.4 is 15.5 Å². The van der Waals surface area contributed by atoms with Gasteiger partial charge >= 0.3 is 12.4 Å². The highest BCUT2D eigenvalue weighted by Gasteiger charge is 2.48.